The molecule has 8 heteroatoms. The van der Waals surface area contributed by atoms with Gasteiger partial charge in [-0.15, -0.1) is 0 Å². The summed E-state index contributed by atoms with van der Waals surface area (Å²) in [5.74, 6) is -0.879. The normalized spacial score (nSPS) is 10.1. The zero-order valence-electron chi connectivity index (χ0n) is 10.6. The van der Waals surface area contributed by atoms with Gasteiger partial charge in [-0.1, -0.05) is 11.6 Å². The Bertz CT molecular complexity index is 533. The SMILES string of the molecule is NC(=O)CCCCNC(=O)c1cc([N+](=O)[O-])ccc1Cl. The molecular formula is C12H14ClN3O4. The molecule has 0 spiro atoms. The second-order valence-corrected chi connectivity index (χ2v) is 4.51. The smallest absolute Gasteiger partial charge is 0.270 e. The van der Waals surface area contributed by atoms with Crippen molar-refractivity contribution >= 4 is 29.1 Å². The molecule has 0 unspecified atom stereocenters. The molecule has 0 aromatic heterocycles. The predicted octanol–water partition coefficient (Wildman–Crippen LogP) is 1.63. The van der Waals surface area contributed by atoms with Crippen LogP contribution in [0.5, 0.6) is 0 Å². The number of unbranched alkanes of at least 4 members (excludes halogenated alkanes) is 1. The van der Waals surface area contributed by atoms with Crippen LogP contribution in [0.1, 0.15) is 29.6 Å². The van der Waals surface area contributed by atoms with Gasteiger partial charge in [0.15, 0.2) is 0 Å². The summed E-state index contributed by atoms with van der Waals surface area (Å²) in [6.45, 7) is 0.338. The van der Waals surface area contributed by atoms with E-state index in [4.69, 9.17) is 17.3 Å². The van der Waals surface area contributed by atoms with Crippen molar-refractivity contribution in [3.63, 3.8) is 0 Å². The van der Waals surface area contributed by atoms with Crippen molar-refractivity contribution in [1.29, 1.82) is 0 Å². The van der Waals surface area contributed by atoms with E-state index in [2.05, 4.69) is 5.32 Å². The molecule has 0 atom stereocenters. The van der Waals surface area contributed by atoms with Crippen LogP contribution in [0.2, 0.25) is 5.02 Å². The van der Waals surface area contributed by atoms with Gasteiger partial charge in [0.2, 0.25) is 5.91 Å². The highest BCUT2D eigenvalue weighted by atomic mass is 35.5. The Morgan fingerprint density at radius 3 is 2.65 bits per heavy atom. The molecule has 108 valence electrons. The van der Waals surface area contributed by atoms with Crippen LogP contribution in [0.3, 0.4) is 0 Å². The van der Waals surface area contributed by atoms with Crippen molar-refractivity contribution < 1.29 is 14.5 Å². The minimum Gasteiger partial charge on any atom is -0.370 e. The van der Waals surface area contributed by atoms with Crippen LogP contribution in [-0.2, 0) is 4.79 Å². The van der Waals surface area contributed by atoms with E-state index in [0.29, 0.717) is 19.4 Å². The Morgan fingerprint density at radius 1 is 1.35 bits per heavy atom. The van der Waals surface area contributed by atoms with Gasteiger partial charge < -0.3 is 11.1 Å². The minimum absolute atomic E-state index is 0.0516. The largest absolute Gasteiger partial charge is 0.370 e. The molecule has 1 aromatic carbocycles. The van der Waals surface area contributed by atoms with Gasteiger partial charge in [-0.3, -0.25) is 19.7 Å². The first-order valence-corrected chi connectivity index (χ1v) is 6.30. The van der Waals surface area contributed by atoms with Crippen molar-refractivity contribution in [2.75, 3.05) is 6.54 Å². The van der Waals surface area contributed by atoms with Gasteiger partial charge in [-0.05, 0) is 18.9 Å². The van der Waals surface area contributed by atoms with Crippen LogP contribution in [0, 0.1) is 10.1 Å². The maximum atomic E-state index is 11.8. The topological polar surface area (TPSA) is 115 Å². The molecule has 0 aliphatic rings. The summed E-state index contributed by atoms with van der Waals surface area (Å²) in [6, 6.07) is 3.66. The summed E-state index contributed by atoms with van der Waals surface area (Å²) in [4.78, 5) is 32.4. The highest BCUT2D eigenvalue weighted by molar-refractivity contribution is 6.33. The highest BCUT2D eigenvalue weighted by Crippen LogP contribution is 2.21. The summed E-state index contributed by atoms with van der Waals surface area (Å²) in [5, 5.41) is 13.4. The monoisotopic (exact) mass is 299 g/mol. The fourth-order valence-electron chi connectivity index (χ4n) is 1.52. The summed E-state index contributed by atoms with van der Waals surface area (Å²) >= 11 is 5.83. The average molecular weight is 300 g/mol. The van der Waals surface area contributed by atoms with E-state index in [1.54, 1.807) is 0 Å². The van der Waals surface area contributed by atoms with Crippen LogP contribution < -0.4 is 11.1 Å². The Hall–Kier alpha value is -2.15. The van der Waals surface area contributed by atoms with Crippen molar-refractivity contribution in [2.45, 2.75) is 19.3 Å². The number of non-ortho nitro benzene ring substituents is 1. The number of rotatable bonds is 7. The number of primary amides is 1. The van der Waals surface area contributed by atoms with Crippen molar-refractivity contribution in [3.05, 3.63) is 38.9 Å². The van der Waals surface area contributed by atoms with Crippen LogP contribution >= 0.6 is 11.6 Å². The van der Waals surface area contributed by atoms with E-state index in [1.807, 2.05) is 0 Å². The molecule has 2 amide bonds. The number of nitro groups is 1. The number of halogens is 1. The molecular weight excluding hydrogens is 286 g/mol. The standard InChI is InChI=1S/C12H14ClN3O4/c13-10-5-4-8(16(19)20)7-9(10)12(18)15-6-2-1-3-11(14)17/h4-5,7H,1-3,6H2,(H2,14,17)(H,15,18). The lowest BCUT2D eigenvalue weighted by Crippen LogP contribution is -2.25. The second kappa shape index (κ2) is 7.44. The van der Waals surface area contributed by atoms with E-state index in [0.717, 1.165) is 6.07 Å². The van der Waals surface area contributed by atoms with Crippen LogP contribution in [-0.4, -0.2) is 23.3 Å². The average Bonchev–Trinajstić information content (AvgIpc) is 2.37. The molecule has 7 nitrogen and oxygen atoms in total. The van der Waals surface area contributed by atoms with E-state index in [1.165, 1.54) is 12.1 Å². The molecule has 20 heavy (non-hydrogen) atoms. The van der Waals surface area contributed by atoms with E-state index < -0.39 is 16.7 Å². The first-order chi connectivity index (χ1) is 9.41. The Morgan fingerprint density at radius 2 is 2.05 bits per heavy atom. The molecule has 1 rings (SSSR count). The summed E-state index contributed by atoms with van der Waals surface area (Å²) in [7, 11) is 0. The number of hydrogen-bond donors (Lipinski definition) is 2. The third kappa shape index (κ3) is 4.85. The Kier molecular flexibility index (Phi) is 5.92. The number of nitrogens with two attached hydrogens (primary N) is 1. The summed E-state index contributed by atoms with van der Waals surface area (Å²) < 4.78 is 0. The lowest BCUT2D eigenvalue weighted by atomic mass is 10.1. The molecule has 0 aliphatic heterocycles. The van der Waals surface area contributed by atoms with Gasteiger partial charge in [0, 0.05) is 25.1 Å². The molecule has 1 aromatic rings. The minimum atomic E-state index is -0.597. The quantitative estimate of drug-likeness (QED) is 0.452. The third-order valence-corrected chi connectivity index (χ3v) is 2.87. The summed E-state index contributed by atoms with van der Waals surface area (Å²) in [6.07, 6.45) is 1.41. The Labute approximate surface area is 120 Å². The third-order valence-electron chi connectivity index (χ3n) is 2.54. The van der Waals surface area contributed by atoms with E-state index in [-0.39, 0.29) is 22.7 Å². The number of nitrogens with zero attached hydrogens (tertiary/aromatic N) is 1. The van der Waals surface area contributed by atoms with Gasteiger partial charge in [0.25, 0.3) is 11.6 Å². The molecule has 0 saturated carbocycles. The maximum Gasteiger partial charge on any atom is 0.270 e. The first kappa shape index (κ1) is 15.9. The zero-order valence-corrected chi connectivity index (χ0v) is 11.4. The fraction of sp³-hybridized carbons (Fsp3) is 0.333. The molecule has 0 saturated heterocycles. The van der Waals surface area contributed by atoms with Gasteiger partial charge in [-0.2, -0.15) is 0 Å². The van der Waals surface area contributed by atoms with Gasteiger partial charge in [0.05, 0.1) is 15.5 Å². The van der Waals surface area contributed by atoms with Crippen molar-refractivity contribution in [3.8, 4) is 0 Å². The zero-order chi connectivity index (χ0) is 15.1. The fourth-order valence-corrected chi connectivity index (χ4v) is 1.73. The van der Waals surface area contributed by atoms with Gasteiger partial charge in [-0.25, -0.2) is 0 Å². The molecule has 3 N–H and O–H groups in total. The number of nitrogens with one attached hydrogen (secondary N) is 1. The van der Waals surface area contributed by atoms with E-state index >= 15 is 0 Å². The number of carbonyl (C=O) groups is 2. The molecule has 0 radical (unpaired) electrons. The second-order valence-electron chi connectivity index (χ2n) is 4.10. The van der Waals surface area contributed by atoms with Crippen molar-refractivity contribution in [1.82, 2.24) is 5.32 Å². The number of nitro benzene ring substituents is 1. The Balaban J connectivity index is 2.57. The lowest BCUT2D eigenvalue weighted by Gasteiger charge is -2.06. The van der Waals surface area contributed by atoms with Gasteiger partial charge in [0.1, 0.15) is 0 Å². The number of benzene rings is 1. The lowest BCUT2D eigenvalue weighted by molar-refractivity contribution is -0.384. The number of carbonyl (C=O) groups excluding carboxylic acids is 2. The maximum absolute atomic E-state index is 11.8. The highest BCUT2D eigenvalue weighted by Gasteiger charge is 2.15. The predicted molar refractivity (Wildman–Crippen MR) is 73.5 cm³/mol. The molecule has 0 heterocycles. The van der Waals surface area contributed by atoms with Crippen molar-refractivity contribution in [2.24, 2.45) is 5.73 Å². The number of hydrogen-bond acceptors (Lipinski definition) is 4. The van der Waals surface area contributed by atoms with Crippen LogP contribution in [0.15, 0.2) is 18.2 Å². The summed E-state index contributed by atoms with van der Waals surface area (Å²) in [5.41, 5.74) is 4.83. The molecule has 0 aliphatic carbocycles. The van der Waals surface area contributed by atoms with Gasteiger partial charge >= 0.3 is 0 Å². The van der Waals surface area contributed by atoms with E-state index in [9.17, 15) is 19.7 Å². The molecule has 0 fully saturated rings. The van der Waals surface area contributed by atoms with Crippen LogP contribution in [0.4, 0.5) is 5.69 Å². The number of amides is 2. The van der Waals surface area contributed by atoms with Crippen LogP contribution in [0.25, 0.3) is 0 Å². The molecule has 0 bridgehead atoms. The first-order valence-electron chi connectivity index (χ1n) is 5.92.